The Labute approximate surface area is 106 Å². The minimum absolute atomic E-state index is 0.0973. The predicted octanol–water partition coefficient (Wildman–Crippen LogP) is 1.49. The molecule has 9 heteroatoms. The number of carbonyl (C=O) groups excluding carboxylic acids is 2. The molecule has 1 amide bonds. The number of carbonyl (C=O) groups is 2. The molecular formula is C10H12F3N3O3. The van der Waals surface area contributed by atoms with E-state index < -0.39 is 24.5 Å². The minimum atomic E-state index is -4.62. The number of rotatable bonds is 4. The summed E-state index contributed by atoms with van der Waals surface area (Å²) >= 11 is 0. The smallest absolute Gasteiger partial charge is 0.397 e. The van der Waals surface area contributed by atoms with Gasteiger partial charge in [-0.05, 0) is 6.92 Å². The molecule has 0 bridgehead atoms. The van der Waals surface area contributed by atoms with Crippen LogP contribution < -0.4 is 5.32 Å². The van der Waals surface area contributed by atoms with Gasteiger partial charge >= 0.3 is 12.1 Å². The summed E-state index contributed by atoms with van der Waals surface area (Å²) in [6.07, 6.45) is -5.02. The topological polar surface area (TPSA) is 73.2 Å². The number of esters is 1. The summed E-state index contributed by atoms with van der Waals surface area (Å²) in [5.74, 6) is -2.31. The summed E-state index contributed by atoms with van der Waals surface area (Å²) in [6.45, 7) is 1.68. The molecule has 6 nitrogen and oxygen atoms in total. The van der Waals surface area contributed by atoms with Crippen molar-refractivity contribution < 1.29 is 27.5 Å². The number of amides is 1. The lowest BCUT2D eigenvalue weighted by Crippen LogP contribution is -2.22. The average Bonchev–Trinajstić information content (AvgIpc) is 2.56. The third-order valence-electron chi connectivity index (χ3n) is 1.94. The molecule has 0 aliphatic heterocycles. The first-order valence-corrected chi connectivity index (χ1v) is 5.30. The van der Waals surface area contributed by atoms with E-state index >= 15 is 0 Å². The largest absolute Gasteiger partial charge is 0.462 e. The van der Waals surface area contributed by atoms with E-state index in [2.05, 4.69) is 5.10 Å². The van der Waals surface area contributed by atoms with E-state index in [1.165, 1.54) is 17.9 Å². The van der Waals surface area contributed by atoms with Crippen LogP contribution in [-0.2, 0) is 16.6 Å². The van der Waals surface area contributed by atoms with E-state index in [9.17, 15) is 22.8 Å². The lowest BCUT2D eigenvalue weighted by Gasteiger charge is -2.07. The lowest BCUT2D eigenvalue weighted by molar-refractivity contribution is -0.150. The normalized spacial score (nSPS) is 11.2. The molecule has 0 fully saturated rings. The van der Waals surface area contributed by atoms with Crippen LogP contribution in [0.1, 0.15) is 23.7 Å². The fraction of sp³-hybridized carbons (Fsp3) is 0.500. The number of nitrogens with one attached hydrogen (secondary N) is 1. The molecule has 0 saturated carbocycles. The maximum absolute atomic E-state index is 12.0. The van der Waals surface area contributed by atoms with E-state index in [1.54, 1.807) is 6.92 Å². The van der Waals surface area contributed by atoms with Crippen molar-refractivity contribution in [2.24, 2.45) is 7.05 Å². The highest BCUT2D eigenvalue weighted by Crippen LogP contribution is 2.21. The molecule has 19 heavy (non-hydrogen) atoms. The van der Waals surface area contributed by atoms with Crippen molar-refractivity contribution in [2.45, 2.75) is 19.5 Å². The van der Waals surface area contributed by atoms with Crippen LogP contribution in [0.3, 0.4) is 0 Å². The second kappa shape index (κ2) is 5.72. The molecule has 0 atom stereocenters. The Hall–Kier alpha value is -2.06. The molecule has 0 radical (unpaired) electrons. The molecule has 0 spiro atoms. The van der Waals surface area contributed by atoms with Gasteiger partial charge in [0.05, 0.1) is 6.61 Å². The van der Waals surface area contributed by atoms with Crippen LogP contribution in [0.2, 0.25) is 0 Å². The van der Waals surface area contributed by atoms with Crippen LogP contribution in [0.4, 0.5) is 19.0 Å². The Bertz CT molecular complexity index is 482. The Balaban J connectivity index is 2.83. The molecule has 0 unspecified atom stereocenters. The molecule has 1 aromatic heterocycles. The van der Waals surface area contributed by atoms with Gasteiger partial charge in [-0.25, -0.2) is 4.79 Å². The number of hydrogen-bond acceptors (Lipinski definition) is 4. The lowest BCUT2D eigenvalue weighted by atomic mass is 10.3. The van der Waals surface area contributed by atoms with Crippen molar-refractivity contribution in [3.63, 3.8) is 0 Å². The summed E-state index contributed by atoms with van der Waals surface area (Å²) in [5, 5.41) is 5.64. The van der Waals surface area contributed by atoms with Gasteiger partial charge in [0.2, 0.25) is 5.91 Å². The monoisotopic (exact) mass is 279 g/mol. The number of ether oxygens (including phenoxy) is 1. The molecule has 0 aliphatic carbocycles. The van der Waals surface area contributed by atoms with Gasteiger partial charge < -0.3 is 10.1 Å². The molecule has 1 N–H and O–H groups in total. The number of hydrogen-bond donors (Lipinski definition) is 1. The van der Waals surface area contributed by atoms with Gasteiger partial charge in [0.25, 0.3) is 0 Å². The summed E-state index contributed by atoms with van der Waals surface area (Å²) in [5.41, 5.74) is -0.0973. The van der Waals surface area contributed by atoms with Crippen molar-refractivity contribution in [1.29, 1.82) is 0 Å². The maximum atomic E-state index is 12.0. The summed E-state index contributed by atoms with van der Waals surface area (Å²) in [6, 6.07) is 0. The fourth-order valence-corrected chi connectivity index (χ4v) is 1.30. The number of halogens is 3. The summed E-state index contributed by atoms with van der Waals surface area (Å²) in [4.78, 5) is 22.6. The van der Waals surface area contributed by atoms with Crippen molar-refractivity contribution in [3.8, 4) is 0 Å². The highest BCUT2D eigenvalue weighted by molar-refractivity contribution is 6.00. The first-order valence-electron chi connectivity index (χ1n) is 5.30. The van der Waals surface area contributed by atoms with Gasteiger partial charge in [-0.2, -0.15) is 18.3 Å². The second-order valence-electron chi connectivity index (χ2n) is 3.63. The molecule has 0 saturated heterocycles. The SMILES string of the molecule is CCOC(=O)c1cn(C)nc1NC(=O)CC(F)(F)F. The van der Waals surface area contributed by atoms with Gasteiger partial charge in [-0.1, -0.05) is 0 Å². The van der Waals surface area contributed by atoms with Crippen molar-refractivity contribution in [1.82, 2.24) is 9.78 Å². The Morgan fingerprint density at radius 2 is 2.11 bits per heavy atom. The van der Waals surface area contributed by atoms with Crippen LogP contribution in [-0.4, -0.2) is 34.4 Å². The van der Waals surface area contributed by atoms with Gasteiger partial charge in [-0.15, -0.1) is 0 Å². The van der Waals surface area contributed by atoms with Gasteiger partial charge in [-0.3, -0.25) is 9.48 Å². The zero-order valence-electron chi connectivity index (χ0n) is 10.2. The van der Waals surface area contributed by atoms with E-state index in [4.69, 9.17) is 4.74 Å². The van der Waals surface area contributed by atoms with Gasteiger partial charge in [0.15, 0.2) is 5.82 Å². The van der Waals surface area contributed by atoms with Crippen molar-refractivity contribution >= 4 is 17.7 Å². The van der Waals surface area contributed by atoms with E-state index in [0.29, 0.717) is 0 Å². The molecule has 0 aliphatic rings. The molecule has 1 aromatic rings. The van der Waals surface area contributed by atoms with E-state index in [-0.39, 0.29) is 18.0 Å². The third-order valence-corrected chi connectivity index (χ3v) is 1.94. The highest BCUT2D eigenvalue weighted by atomic mass is 19.4. The molecule has 1 rings (SSSR count). The number of aromatic nitrogens is 2. The molecule has 1 heterocycles. The van der Waals surface area contributed by atoms with Crippen molar-refractivity contribution in [2.75, 3.05) is 11.9 Å². The Kier molecular flexibility index (Phi) is 4.52. The summed E-state index contributed by atoms with van der Waals surface area (Å²) in [7, 11) is 1.46. The molecular weight excluding hydrogens is 267 g/mol. The quantitative estimate of drug-likeness (QED) is 0.847. The Morgan fingerprint density at radius 3 is 2.63 bits per heavy atom. The third kappa shape index (κ3) is 4.60. The first-order chi connectivity index (χ1) is 8.73. The van der Waals surface area contributed by atoms with Crippen LogP contribution in [0, 0.1) is 0 Å². The standard InChI is InChI=1S/C10H12F3N3O3/c1-3-19-9(18)6-5-16(2)15-8(6)14-7(17)4-10(11,12)13/h5H,3-4H2,1-2H3,(H,14,15,17). The number of aryl methyl sites for hydroxylation is 1. The second-order valence-corrected chi connectivity index (χ2v) is 3.63. The predicted molar refractivity (Wildman–Crippen MR) is 58.5 cm³/mol. The van der Waals surface area contributed by atoms with Gasteiger partial charge in [0, 0.05) is 13.2 Å². The van der Waals surface area contributed by atoms with E-state index in [0.717, 1.165) is 0 Å². The highest BCUT2D eigenvalue weighted by Gasteiger charge is 2.32. The van der Waals surface area contributed by atoms with Crippen LogP contribution in [0.5, 0.6) is 0 Å². The maximum Gasteiger partial charge on any atom is 0.397 e. The average molecular weight is 279 g/mol. The minimum Gasteiger partial charge on any atom is -0.462 e. The molecule has 0 aromatic carbocycles. The number of anilines is 1. The van der Waals surface area contributed by atoms with Crippen LogP contribution >= 0.6 is 0 Å². The fourth-order valence-electron chi connectivity index (χ4n) is 1.30. The summed E-state index contributed by atoms with van der Waals surface area (Å²) < 4.78 is 41.9. The van der Waals surface area contributed by atoms with Gasteiger partial charge in [0.1, 0.15) is 12.0 Å². The van der Waals surface area contributed by atoms with Crippen LogP contribution in [0.15, 0.2) is 6.20 Å². The number of alkyl halides is 3. The number of nitrogens with zero attached hydrogens (tertiary/aromatic N) is 2. The Morgan fingerprint density at radius 1 is 1.47 bits per heavy atom. The first kappa shape index (κ1) is 15.0. The zero-order valence-corrected chi connectivity index (χ0v) is 10.2. The van der Waals surface area contributed by atoms with Crippen LogP contribution in [0.25, 0.3) is 0 Å². The zero-order chi connectivity index (χ0) is 14.6. The van der Waals surface area contributed by atoms with Crippen molar-refractivity contribution in [3.05, 3.63) is 11.8 Å². The molecule has 106 valence electrons. The van der Waals surface area contributed by atoms with E-state index in [1.807, 2.05) is 5.32 Å².